The Morgan fingerprint density at radius 3 is 2.47 bits per heavy atom. The summed E-state index contributed by atoms with van der Waals surface area (Å²) in [6, 6.07) is 3.10. The molecule has 0 saturated heterocycles. The molecule has 0 bridgehead atoms. The van der Waals surface area contributed by atoms with Gasteiger partial charge in [-0.25, -0.2) is 0 Å². The zero-order chi connectivity index (χ0) is 11.1. The topological polar surface area (TPSA) is 9.23 Å². The number of benzene rings is 1. The van der Waals surface area contributed by atoms with Gasteiger partial charge in [-0.1, -0.05) is 11.6 Å². The quantitative estimate of drug-likeness (QED) is 0.757. The molecular weight excluding hydrogens is 229 g/mol. The first-order valence-electron chi connectivity index (χ1n) is 4.50. The average Bonchev–Trinajstić information content (AvgIpc) is 2.90. The Morgan fingerprint density at radius 2 is 1.93 bits per heavy atom. The molecule has 15 heavy (non-hydrogen) atoms. The van der Waals surface area contributed by atoms with Crippen LogP contribution in [0.15, 0.2) is 18.2 Å². The Labute approximate surface area is 89.8 Å². The molecule has 0 spiro atoms. The van der Waals surface area contributed by atoms with Crippen molar-refractivity contribution in [1.29, 1.82) is 0 Å². The molecule has 0 unspecified atom stereocenters. The third-order valence-corrected chi connectivity index (χ3v) is 2.39. The fourth-order valence-electron chi connectivity index (χ4n) is 1.14. The molecule has 0 aliphatic heterocycles. The molecule has 1 aliphatic rings. The Balaban J connectivity index is 2.27. The van der Waals surface area contributed by atoms with Gasteiger partial charge in [-0.15, -0.1) is 0 Å². The molecule has 0 radical (unpaired) electrons. The van der Waals surface area contributed by atoms with Gasteiger partial charge in [-0.05, 0) is 31.0 Å². The second kappa shape index (κ2) is 3.59. The molecule has 5 heteroatoms. The molecule has 0 amide bonds. The molecule has 2 rings (SSSR count). The minimum atomic E-state index is -4.35. The normalized spacial score (nSPS) is 16.5. The molecule has 0 aromatic heterocycles. The zero-order valence-corrected chi connectivity index (χ0v) is 8.40. The van der Waals surface area contributed by atoms with Crippen molar-refractivity contribution in [2.75, 3.05) is 0 Å². The minimum absolute atomic E-state index is 0.0333. The predicted octanol–water partition coefficient (Wildman–Crippen LogP) is 3.90. The number of alkyl halides is 3. The molecular formula is C10H8ClF3O. The van der Waals surface area contributed by atoms with Crippen LogP contribution in [0, 0.1) is 0 Å². The summed E-state index contributed by atoms with van der Waals surface area (Å²) >= 11 is 5.73. The van der Waals surface area contributed by atoms with Crippen LogP contribution in [0.2, 0.25) is 5.02 Å². The van der Waals surface area contributed by atoms with Crippen LogP contribution in [0.25, 0.3) is 0 Å². The second-order valence-corrected chi connectivity index (χ2v) is 3.87. The van der Waals surface area contributed by atoms with Gasteiger partial charge in [0.2, 0.25) is 0 Å². The maximum Gasteiger partial charge on any atom is 0.416 e. The van der Waals surface area contributed by atoms with Crippen LogP contribution in [-0.2, 0) is 6.18 Å². The van der Waals surface area contributed by atoms with Crippen molar-refractivity contribution < 1.29 is 17.9 Å². The lowest BCUT2D eigenvalue weighted by atomic mass is 10.2. The van der Waals surface area contributed by atoms with Crippen LogP contribution >= 0.6 is 11.6 Å². The fraction of sp³-hybridized carbons (Fsp3) is 0.400. The van der Waals surface area contributed by atoms with E-state index in [1.54, 1.807) is 0 Å². The first-order valence-corrected chi connectivity index (χ1v) is 4.88. The van der Waals surface area contributed by atoms with Gasteiger partial charge in [0, 0.05) is 0 Å². The zero-order valence-electron chi connectivity index (χ0n) is 7.64. The highest BCUT2D eigenvalue weighted by molar-refractivity contribution is 6.32. The van der Waals surface area contributed by atoms with Gasteiger partial charge in [-0.2, -0.15) is 13.2 Å². The van der Waals surface area contributed by atoms with Crippen molar-refractivity contribution in [3.63, 3.8) is 0 Å². The Kier molecular flexibility index (Phi) is 2.54. The SMILES string of the molecule is FC(F)(F)c1ccc(Cl)c(OC2CC2)c1. The summed E-state index contributed by atoms with van der Waals surface area (Å²) in [5.74, 6) is 0.119. The predicted molar refractivity (Wildman–Crippen MR) is 50.1 cm³/mol. The molecule has 1 aromatic carbocycles. The van der Waals surface area contributed by atoms with E-state index in [-0.39, 0.29) is 16.9 Å². The van der Waals surface area contributed by atoms with E-state index in [9.17, 15) is 13.2 Å². The number of hydrogen-bond donors (Lipinski definition) is 0. The molecule has 0 heterocycles. The van der Waals surface area contributed by atoms with Crippen LogP contribution in [0.1, 0.15) is 18.4 Å². The summed E-state index contributed by atoms with van der Waals surface area (Å²) in [6.07, 6.45) is -2.56. The van der Waals surface area contributed by atoms with E-state index in [2.05, 4.69) is 0 Å². The fourth-order valence-corrected chi connectivity index (χ4v) is 1.30. The van der Waals surface area contributed by atoms with E-state index in [1.165, 1.54) is 6.07 Å². The molecule has 82 valence electrons. The summed E-state index contributed by atoms with van der Waals surface area (Å²) in [7, 11) is 0. The van der Waals surface area contributed by atoms with Crippen molar-refractivity contribution >= 4 is 11.6 Å². The maximum absolute atomic E-state index is 12.4. The van der Waals surface area contributed by atoms with Crippen molar-refractivity contribution in [3.05, 3.63) is 28.8 Å². The Hall–Kier alpha value is -0.900. The number of hydrogen-bond acceptors (Lipinski definition) is 1. The van der Waals surface area contributed by atoms with Crippen LogP contribution in [0.4, 0.5) is 13.2 Å². The third-order valence-electron chi connectivity index (χ3n) is 2.08. The average molecular weight is 237 g/mol. The van der Waals surface area contributed by atoms with Crippen molar-refractivity contribution in [3.8, 4) is 5.75 Å². The monoisotopic (exact) mass is 236 g/mol. The molecule has 1 nitrogen and oxygen atoms in total. The third kappa shape index (κ3) is 2.56. The van der Waals surface area contributed by atoms with E-state index in [1.807, 2.05) is 0 Å². The highest BCUT2D eigenvalue weighted by atomic mass is 35.5. The van der Waals surface area contributed by atoms with Crippen molar-refractivity contribution in [2.45, 2.75) is 25.1 Å². The standard InChI is InChI=1S/C10H8ClF3O/c11-8-4-1-6(10(12,13)14)5-9(8)15-7-2-3-7/h1,4-5,7H,2-3H2. The van der Waals surface area contributed by atoms with Crippen LogP contribution in [-0.4, -0.2) is 6.10 Å². The van der Waals surface area contributed by atoms with Gasteiger partial charge in [0.25, 0.3) is 0 Å². The van der Waals surface area contributed by atoms with Gasteiger partial charge in [-0.3, -0.25) is 0 Å². The lowest BCUT2D eigenvalue weighted by Crippen LogP contribution is -2.06. The lowest BCUT2D eigenvalue weighted by molar-refractivity contribution is -0.137. The largest absolute Gasteiger partial charge is 0.489 e. The maximum atomic E-state index is 12.4. The highest BCUT2D eigenvalue weighted by Crippen LogP contribution is 2.37. The van der Waals surface area contributed by atoms with Crippen LogP contribution in [0.5, 0.6) is 5.75 Å². The summed E-state index contributed by atoms with van der Waals surface area (Å²) in [6.45, 7) is 0. The molecule has 1 aromatic rings. The van der Waals surface area contributed by atoms with Gasteiger partial charge in [0.1, 0.15) is 5.75 Å². The molecule has 1 fully saturated rings. The van der Waals surface area contributed by atoms with Gasteiger partial charge >= 0.3 is 6.18 Å². The Bertz CT molecular complexity index is 371. The first-order chi connectivity index (χ1) is 6.97. The minimum Gasteiger partial charge on any atom is -0.489 e. The number of ether oxygens (including phenoxy) is 1. The number of halogens is 4. The van der Waals surface area contributed by atoms with E-state index < -0.39 is 11.7 Å². The van der Waals surface area contributed by atoms with Crippen molar-refractivity contribution in [2.24, 2.45) is 0 Å². The molecule has 1 saturated carbocycles. The second-order valence-electron chi connectivity index (χ2n) is 3.46. The van der Waals surface area contributed by atoms with E-state index in [0.29, 0.717) is 0 Å². The van der Waals surface area contributed by atoms with Crippen LogP contribution in [0.3, 0.4) is 0 Å². The van der Waals surface area contributed by atoms with Crippen LogP contribution < -0.4 is 4.74 Å². The van der Waals surface area contributed by atoms with E-state index >= 15 is 0 Å². The summed E-state index contributed by atoms with van der Waals surface area (Å²) in [5, 5.41) is 0.218. The number of rotatable bonds is 2. The van der Waals surface area contributed by atoms with Gasteiger partial charge in [0.15, 0.2) is 0 Å². The molecule has 1 aliphatic carbocycles. The van der Waals surface area contributed by atoms with E-state index in [0.717, 1.165) is 25.0 Å². The highest BCUT2D eigenvalue weighted by Gasteiger charge is 2.32. The molecule has 0 N–H and O–H groups in total. The summed E-state index contributed by atoms with van der Waals surface area (Å²) in [4.78, 5) is 0. The summed E-state index contributed by atoms with van der Waals surface area (Å²) < 4.78 is 42.3. The summed E-state index contributed by atoms with van der Waals surface area (Å²) in [5.41, 5.74) is -0.734. The Morgan fingerprint density at radius 1 is 1.27 bits per heavy atom. The van der Waals surface area contributed by atoms with Gasteiger partial charge in [0.05, 0.1) is 16.7 Å². The van der Waals surface area contributed by atoms with Crippen molar-refractivity contribution in [1.82, 2.24) is 0 Å². The van der Waals surface area contributed by atoms with Gasteiger partial charge < -0.3 is 4.74 Å². The molecule has 0 atom stereocenters. The lowest BCUT2D eigenvalue weighted by Gasteiger charge is -2.11. The smallest absolute Gasteiger partial charge is 0.416 e. The van der Waals surface area contributed by atoms with E-state index in [4.69, 9.17) is 16.3 Å². The first kappa shape index (κ1) is 10.6.